The molecule has 2 aromatic rings. The molecule has 0 bridgehead atoms. The van der Waals surface area contributed by atoms with E-state index in [-0.39, 0.29) is 37.1 Å². The molecule has 10 heteroatoms. The summed E-state index contributed by atoms with van der Waals surface area (Å²) in [5, 5.41) is 6.20. The molecule has 0 radical (unpaired) electrons. The summed E-state index contributed by atoms with van der Waals surface area (Å²) in [6.45, 7) is 7.17. The first-order chi connectivity index (χ1) is 20.6. The van der Waals surface area contributed by atoms with Crippen LogP contribution in [-0.4, -0.2) is 83.6 Å². The van der Waals surface area contributed by atoms with Gasteiger partial charge in [0.15, 0.2) is 0 Å². The summed E-state index contributed by atoms with van der Waals surface area (Å²) >= 11 is 0. The van der Waals surface area contributed by atoms with Crippen LogP contribution < -0.4 is 10.6 Å². The molecule has 2 saturated heterocycles. The van der Waals surface area contributed by atoms with E-state index in [1.807, 2.05) is 81.4 Å². The van der Waals surface area contributed by atoms with Gasteiger partial charge in [0.25, 0.3) is 0 Å². The summed E-state index contributed by atoms with van der Waals surface area (Å²) in [5.41, 5.74) is 1.25. The van der Waals surface area contributed by atoms with Gasteiger partial charge in [-0.15, -0.1) is 0 Å². The van der Waals surface area contributed by atoms with E-state index >= 15 is 0 Å². The number of nitrogens with zero attached hydrogens (tertiary/aromatic N) is 2. The highest BCUT2D eigenvalue weighted by atomic mass is 16.6. The van der Waals surface area contributed by atoms with E-state index in [1.54, 1.807) is 9.80 Å². The zero-order valence-electron chi connectivity index (χ0n) is 25.4. The molecule has 3 amide bonds. The second-order valence-corrected chi connectivity index (χ2v) is 12.2. The molecule has 4 rings (SSSR count). The average Bonchev–Trinajstić information content (AvgIpc) is 3.49. The van der Waals surface area contributed by atoms with E-state index in [0.717, 1.165) is 11.1 Å². The SMILES string of the molecule is CC(C)(C)OC(=O)CNC1CCN(C(=O)N[C@@H](Cc2ccccc2)C(=O)N2CCC[C@H]2C(=O)OCc2ccccc2)CC1. The van der Waals surface area contributed by atoms with Crippen LogP contribution in [0.1, 0.15) is 57.6 Å². The molecule has 2 fully saturated rings. The van der Waals surface area contributed by atoms with E-state index in [0.29, 0.717) is 51.7 Å². The van der Waals surface area contributed by atoms with E-state index in [1.165, 1.54) is 0 Å². The van der Waals surface area contributed by atoms with Crippen molar-refractivity contribution in [2.24, 2.45) is 0 Å². The summed E-state index contributed by atoms with van der Waals surface area (Å²) in [6, 6.07) is 17.2. The number of piperidine rings is 1. The predicted molar refractivity (Wildman–Crippen MR) is 162 cm³/mol. The molecule has 0 aliphatic carbocycles. The van der Waals surface area contributed by atoms with Crippen molar-refractivity contribution < 1.29 is 28.7 Å². The highest BCUT2D eigenvalue weighted by Gasteiger charge is 2.39. The molecule has 2 heterocycles. The highest BCUT2D eigenvalue weighted by Crippen LogP contribution is 2.22. The summed E-state index contributed by atoms with van der Waals surface area (Å²) < 4.78 is 10.9. The van der Waals surface area contributed by atoms with Crippen LogP contribution in [0.2, 0.25) is 0 Å². The number of nitrogens with one attached hydrogen (secondary N) is 2. The van der Waals surface area contributed by atoms with Crippen LogP contribution in [0.25, 0.3) is 0 Å². The van der Waals surface area contributed by atoms with Gasteiger partial charge < -0.3 is 29.9 Å². The van der Waals surface area contributed by atoms with Gasteiger partial charge in [-0.3, -0.25) is 9.59 Å². The van der Waals surface area contributed by atoms with Crippen molar-refractivity contribution in [2.75, 3.05) is 26.2 Å². The Morgan fingerprint density at radius 2 is 1.51 bits per heavy atom. The fourth-order valence-electron chi connectivity index (χ4n) is 5.48. The molecule has 2 aliphatic heterocycles. The van der Waals surface area contributed by atoms with Crippen LogP contribution in [-0.2, 0) is 36.9 Å². The van der Waals surface area contributed by atoms with Gasteiger partial charge in [-0.05, 0) is 57.6 Å². The van der Waals surface area contributed by atoms with E-state index in [4.69, 9.17) is 9.47 Å². The number of esters is 2. The number of hydrogen-bond acceptors (Lipinski definition) is 7. The summed E-state index contributed by atoms with van der Waals surface area (Å²) in [5.74, 6) is -1.02. The maximum atomic E-state index is 13.9. The van der Waals surface area contributed by atoms with Gasteiger partial charge in [-0.1, -0.05) is 60.7 Å². The minimum atomic E-state index is -0.833. The van der Waals surface area contributed by atoms with Crippen molar-refractivity contribution in [2.45, 2.75) is 83.2 Å². The third-order valence-corrected chi connectivity index (χ3v) is 7.65. The molecule has 0 saturated carbocycles. The smallest absolute Gasteiger partial charge is 0.329 e. The number of carbonyl (C=O) groups is 4. The first-order valence-electron chi connectivity index (χ1n) is 15.1. The average molecular weight is 593 g/mol. The molecule has 0 spiro atoms. The van der Waals surface area contributed by atoms with Gasteiger partial charge in [0, 0.05) is 32.1 Å². The Labute approximate surface area is 254 Å². The Kier molecular flexibility index (Phi) is 11.2. The van der Waals surface area contributed by atoms with E-state index < -0.39 is 23.7 Å². The van der Waals surface area contributed by atoms with Crippen LogP contribution in [0.4, 0.5) is 4.79 Å². The Morgan fingerprint density at radius 3 is 2.14 bits per heavy atom. The normalized spacial score (nSPS) is 18.2. The second kappa shape index (κ2) is 15.0. The van der Waals surface area contributed by atoms with Gasteiger partial charge >= 0.3 is 18.0 Å². The van der Waals surface area contributed by atoms with Gasteiger partial charge in [0.05, 0.1) is 6.54 Å². The van der Waals surface area contributed by atoms with Crippen molar-refractivity contribution in [1.82, 2.24) is 20.4 Å². The standard InChI is InChI=1S/C33H44N4O6/c1-33(2,3)43-29(38)22-34-26-16-19-36(20-17-26)32(41)35-27(21-24-11-6-4-7-12-24)30(39)37-18-10-15-28(37)31(40)42-23-25-13-8-5-9-14-25/h4-9,11-14,26-28,34H,10,15-23H2,1-3H3,(H,35,41)/t27-,28-/m0/s1. The third-order valence-electron chi connectivity index (χ3n) is 7.65. The Balaban J connectivity index is 1.35. The van der Waals surface area contributed by atoms with E-state index in [2.05, 4.69) is 10.6 Å². The number of amides is 3. The second-order valence-electron chi connectivity index (χ2n) is 12.2. The van der Waals surface area contributed by atoms with Gasteiger partial charge in [-0.25, -0.2) is 9.59 Å². The quantitative estimate of drug-likeness (QED) is 0.406. The lowest BCUT2D eigenvalue weighted by atomic mass is 10.0. The topological polar surface area (TPSA) is 117 Å². The molecule has 2 aliphatic rings. The first kappa shape index (κ1) is 32.0. The van der Waals surface area contributed by atoms with E-state index in [9.17, 15) is 19.2 Å². The lowest BCUT2D eigenvalue weighted by Crippen LogP contribution is -2.56. The minimum Gasteiger partial charge on any atom is -0.459 e. The zero-order valence-corrected chi connectivity index (χ0v) is 25.4. The molecular weight excluding hydrogens is 548 g/mol. The molecule has 0 aromatic heterocycles. The van der Waals surface area contributed by atoms with Crippen LogP contribution in [0.3, 0.4) is 0 Å². The van der Waals surface area contributed by atoms with Crippen LogP contribution in [0.15, 0.2) is 60.7 Å². The van der Waals surface area contributed by atoms with Crippen LogP contribution in [0.5, 0.6) is 0 Å². The van der Waals surface area contributed by atoms with Crippen LogP contribution in [0, 0.1) is 0 Å². The summed E-state index contributed by atoms with van der Waals surface area (Å²) in [4.78, 5) is 55.6. The van der Waals surface area contributed by atoms with Crippen molar-refractivity contribution in [3.8, 4) is 0 Å². The first-order valence-corrected chi connectivity index (χ1v) is 15.1. The highest BCUT2D eigenvalue weighted by molar-refractivity contribution is 5.91. The lowest BCUT2D eigenvalue weighted by molar-refractivity contribution is -0.155. The number of carbonyl (C=O) groups excluding carboxylic acids is 4. The molecule has 43 heavy (non-hydrogen) atoms. The van der Waals surface area contributed by atoms with Crippen molar-refractivity contribution in [3.05, 3.63) is 71.8 Å². The number of likely N-dealkylation sites (tertiary alicyclic amines) is 2. The maximum absolute atomic E-state index is 13.9. The largest absolute Gasteiger partial charge is 0.459 e. The molecule has 2 aromatic carbocycles. The monoisotopic (exact) mass is 592 g/mol. The van der Waals surface area contributed by atoms with Crippen molar-refractivity contribution >= 4 is 23.9 Å². The number of hydrogen-bond donors (Lipinski definition) is 2. The summed E-state index contributed by atoms with van der Waals surface area (Å²) in [6.07, 6.45) is 2.87. The molecule has 232 valence electrons. The molecule has 0 unspecified atom stereocenters. The Bertz CT molecular complexity index is 1220. The van der Waals surface area contributed by atoms with Gasteiger partial charge in [0.2, 0.25) is 5.91 Å². The number of rotatable bonds is 10. The molecular formula is C33H44N4O6. The maximum Gasteiger partial charge on any atom is 0.329 e. The Morgan fingerprint density at radius 1 is 0.884 bits per heavy atom. The Hall–Kier alpha value is -3.92. The number of urea groups is 1. The third kappa shape index (κ3) is 9.81. The molecule has 2 atom stereocenters. The predicted octanol–water partition coefficient (Wildman–Crippen LogP) is 3.44. The molecule has 2 N–H and O–H groups in total. The van der Waals surface area contributed by atoms with Crippen LogP contribution >= 0.6 is 0 Å². The number of benzene rings is 2. The zero-order chi connectivity index (χ0) is 30.8. The van der Waals surface area contributed by atoms with Gasteiger partial charge in [0.1, 0.15) is 24.3 Å². The van der Waals surface area contributed by atoms with Crippen molar-refractivity contribution in [1.29, 1.82) is 0 Å². The fourth-order valence-corrected chi connectivity index (χ4v) is 5.48. The van der Waals surface area contributed by atoms with Crippen molar-refractivity contribution in [3.63, 3.8) is 0 Å². The number of ether oxygens (including phenoxy) is 2. The fraction of sp³-hybridized carbons (Fsp3) is 0.515. The summed E-state index contributed by atoms with van der Waals surface area (Å²) in [7, 11) is 0. The molecule has 10 nitrogen and oxygen atoms in total. The lowest BCUT2D eigenvalue weighted by Gasteiger charge is -2.34. The minimum absolute atomic E-state index is 0.0885. The van der Waals surface area contributed by atoms with Gasteiger partial charge in [-0.2, -0.15) is 0 Å².